The van der Waals surface area contributed by atoms with Crippen LogP contribution in [0.2, 0.25) is 0 Å². The van der Waals surface area contributed by atoms with Crippen molar-refractivity contribution >= 4 is 18.2 Å². The lowest BCUT2D eigenvalue weighted by Crippen LogP contribution is -2.35. The first kappa shape index (κ1) is 21.5. The summed E-state index contributed by atoms with van der Waals surface area (Å²) in [5.74, 6) is 1.76. The molecule has 27 heavy (non-hydrogen) atoms. The van der Waals surface area contributed by atoms with Crippen molar-refractivity contribution in [1.29, 1.82) is 0 Å². The van der Waals surface area contributed by atoms with E-state index in [4.69, 9.17) is 4.74 Å². The van der Waals surface area contributed by atoms with Gasteiger partial charge in [-0.3, -0.25) is 4.79 Å². The van der Waals surface area contributed by atoms with Gasteiger partial charge in [-0.1, -0.05) is 42.5 Å². The Bertz CT molecular complexity index is 697. The molecule has 1 fully saturated rings. The molecular formula is C23H30ClNO2. The van der Waals surface area contributed by atoms with Gasteiger partial charge in [0.1, 0.15) is 5.75 Å². The molecule has 0 spiro atoms. The van der Waals surface area contributed by atoms with Gasteiger partial charge in [-0.25, -0.2) is 0 Å². The smallest absolute Gasteiger partial charge is 0.163 e. The molecule has 146 valence electrons. The number of nitrogens with zero attached hydrogens (tertiary/aromatic N) is 1. The number of ketones is 1. The first-order valence-electron chi connectivity index (χ1n) is 9.68. The van der Waals surface area contributed by atoms with Crippen LogP contribution in [-0.2, 0) is 6.42 Å². The predicted molar refractivity (Wildman–Crippen MR) is 113 cm³/mol. The fraction of sp³-hybridized carbons (Fsp3) is 0.435. The highest BCUT2D eigenvalue weighted by atomic mass is 35.5. The molecule has 3 nitrogen and oxygen atoms in total. The van der Waals surface area contributed by atoms with Crippen molar-refractivity contribution in [3.8, 4) is 5.75 Å². The van der Waals surface area contributed by atoms with Crippen molar-refractivity contribution in [3.63, 3.8) is 0 Å². The van der Waals surface area contributed by atoms with Gasteiger partial charge in [0, 0.05) is 12.0 Å². The molecule has 1 aliphatic heterocycles. The number of methoxy groups -OCH3 is 1. The fourth-order valence-corrected chi connectivity index (χ4v) is 3.77. The molecule has 0 bridgehead atoms. The Kier molecular flexibility index (Phi) is 8.83. The van der Waals surface area contributed by atoms with E-state index in [0.29, 0.717) is 6.42 Å². The number of piperidine rings is 1. The second-order valence-electron chi connectivity index (χ2n) is 7.23. The van der Waals surface area contributed by atoms with E-state index >= 15 is 0 Å². The molecule has 0 aliphatic carbocycles. The third-order valence-electron chi connectivity index (χ3n) is 5.34. The molecule has 3 rings (SSSR count). The van der Waals surface area contributed by atoms with Crippen LogP contribution in [-0.4, -0.2) is 37.4 Å². The normalized spacial score (nSPS) is 15.1. The Labute approximate surface area is 169 Å². The van der Waals surface area contributed by atoms with Crippen molar-refractivity contribution in [2.75, 3.05) is 26.7 Å². The summed E-state index contributed by atoms with van der Waals surface area (Å²) in [6, 6.07) is 18.3. The van der Waals surface area contributed by atoms with E-state index < -0.39 is 0 Å². The monoisotopic (exact) mass is 387 g/mol. The third kappa shape index (κ3) is 6.67. The average molecular weight is 388 g/mol. The van der Waals surface area contributed by atoms with Crippen molar-refractivity contribution in [2.24, 2.45) is 5.92 Å². The zero-order chi connectivity index (χ0) is 18.2. The minimum Gasteiger partial charge on any atom is -0.497 e. The molecular weight excluding hydrogens is 358 g/mol. The van der Waals surface area contributed by atoms with E-state index in [1.807, 2.05) is 24.3 Å². The molecule has 0 atom stereocenters. The summed E-state index contributed by atoms with van der Waals surface area (Å²) in [6.45, 7) is 3.34. The zero-order valence-corrected chi connectivity index (χ0v) is 16.9. The highest BCUT2D eigenvalue weighted by Crippen LogP contribution is 2.22. The van der Waals surface area contributed by atoms with Crippen LogP contribution in [0.25, 0.3) is 0 Å². The number of Topliss-reactive ketones (excluding diaryl/α,β-unsaturated/α-hetero) is 1. The van der Waals surface area contributed by atoms with Gasteiger partial charge in [0.15, 0.2) is 5.78 Å². The predicted octanol–water partition coefficient (Wildman–Crippen LogP) is 5.03. The first-order chi connectivity index (χ1) is 12.7. The van der Waals surface area contributed by atoms with Crippen LogP contribution in [0.15, 0.2) is 54.6 Å². The summed E-state index contributed by atoms with van der Waals surface area (Å²) < 4.78 is 5.20. The number of benzene rings is 2. The Morgan fingerprint density at radius 3 is 2.52 bits per heavy atom. The summed E-state index contributed by atoms with van der Waals surface area (Å²) >= 11 is 0. The van der Waals surface area contributed by atoms with Gasteiger partial charge < -0.3 is 9.64 Å². The van der Waals surface area contributed by atoms with Crippen LogP contribution < -0.4 is 4.74 Å². The maximum Gasteiger partial charge on any atom is 0.163 e. The second kappa shape index (κ2) is 11.1. The van der Waals surface area contributed by atoms with E-state index in [1.165, 1.54) is 24.8 Å². The molecule has 1 saturated heterocycles. The lowest BCUT2D eigenvalue weighted by molar-refractivity contribution is 0.0970. The number of carbonyl (C=O) groups excluding carboxylic acids is 1. The van der Waals surface area contributed by atoms with Crippen molar-refractivity contribution < 1.29 is 9.53 Å². The van der Waals surface area contributed by atoms with E-state index in [-0.39, 0.29) is 18.2 Å². The van der Waals surface area contributed by atoms with Crippen LogP contribution in [0.1, 0.15) is 41.6 Å². The van der Waals surface area contributed by atoms with Crippen LogP contribution >= 0.6 is 12.4 Å². The lowest BCUT2D eigenvalue weighted by Gasteiger charge is -2.32. The van der Waals surface area contributed by atoms with Crippen LogP contribution in [0.5, 0.6) is 5.75 Å². The first-order valence-corrected chi connectivity index (χ1v) is 9.68. The Balaban J connectivity index is 0.00000261. The fourth-order valence-electron chi connectivity index (χ4n) is 3.77. The Morgan fingerprint density at radius 2 is 1.81 bits per heavy atom. The van der Waals surface area contributed by atoms with Crippen molar-refractivity contribution in [1.82, 2.24) is 4.90 Å². The largest absolute Gasteiger partial charge is 0.497 e. The maximum atomic E-state index is 12.3. The molecule has 0 unspecified atom stereocenters. The minimum atomic E-state index is 0. The summed E-state index contributed by atoms with van der Waals surface area (Å²) in [4.78, 5) is 14.8. The summed E-state index contributed by atoms with van der Waals surface area (Å²) in [7, 11) is 1.63. The maximum absolute atomic E-state index is 12.3. The molecule has 0 aromatic heterocycles. The van der Waals surface area contributed by atoms with Gasteiger partial charge in [0.2, 0.25) is 0 Å². The number of hydrogen-bond donors (Lipinski definition) is 0. The number of halogens is 1. The Morgan fingerprint density at radius 1 is 1.07 bits per heavy atom. The zero-order valence-electron chi connectivity index (χ0n) is 16.1. The SMILES string of the molecule is COc1cccc(C(=O)CCCN2CCC(Cc3ccccc3)CC2)c1.Cl. The van der Waals surface area contributed by atoms with Crippen molar-refractivity contribution in [3.05, 3.63) is 65.7 Å². The lowest BCUT2D eigenvalue weighted by atomic mass is 9.90. The number of rotatable bonds is 8. The molecule has 1 heterocycles. The second-order valence-corrected chi connectivity index (χ2v) is 7.23. The number of likely N-dealkylation sites (tertiary alicyclic amines) is 1. The molecule has 0 N–H and O–H groups in total. The standard InChI is InChI=1S/C23H29NO2.ClH/c1-26-22-10-5-9-21(18-22)23(25)11-6-14-24-15-12-20(13-16-24)17-19-7-3-2-4-8-19;/h2-5,7-10,18,20H,6,11-17H2,1H3;1H. The van der Waals surface area contributed by atoms with Gasteiger partial charge in [0.25, 0.3) is 0 Å². The highest BCUT2D eigenvalue weighted by Gasteiger charge is 2.19. The summed E-state index contributed by atoms with van der Waals surface area (Å²) in [5.41, 5.74) is 2.21. The van der Waals surface area contributed by atoms with Crippen LogP contribution in [0.3, 0.4) is 0 Å². The van der Waals surface area contributed by atoms with Gasteiger partial charge in [-0.05, 0) is 68.9 Å². The molecule has 1 aliphatic rings. The molecule has 2 aromatic rings. The molecule has 0 amide bonds. The molecule has 0 radical (unpaired) electrons. The van der Waals surface area contributed by atoms with Crippen LogP contribution in [0, 0.1) is 5.92 Å². The average Bonchev–Trinajstić information content (AvgIpc) is 2.70. The molecule has 0 saturated carbocycles. The van der Waals surface area contributed by atoms with Crippen LogP contribution in [0.4, 0.5) is 0 Å². The Hall–Kier alpha value is -1.84. The minimum absolute atomic E-state index is 0. The van der Waals surface area contributed by atoms with E-state index in [1.54, 1.807) is 7.11 Å². The topological polar surface area (TPSA) is 29.5 Å². The number of carbonyl (C=O) groups is 1. The molecule has 2 aromatic carbocycles. The van der Waals surface area contributed by atoms with Crippen molar-refractivity contribution in [2.45, 2.75) is 32.1 Å². The third-order valence-corrected chi connectivity index (χ3v) is 5.34. The summed E-state index contributed by atoms with van der Waals surface area (Å²) in [5, 5.41) is 0. The van der Waals surface area contributed by atoms with Gasteiger partial charge in [0.05, 0.1) is 7.11 Å². The van der Waals surface area contributed by atoms with Gasteiger partial charge in [-0.2, -0.15) is 0 Å². The number of ether oxygens (including phenoxy) is 1. The molecule has 4 heteroatoms. The quantitative estimate of drug-likeness (QED) is 0.594. The highest BCUT2D eigenvalue weighted by molar-refractivity contribution is 5.96. The van der Waals surface area contributed by atoms with E-state index in [0.717, 1.165) is 43.3 Å². The number of hydrogen-bond acceptors (Lipinski definition) is 3. The van der Waals surface area contributed by atoms with Gasteiger partial charge in [-0.15, -0.1) is 12.4 Å². The van der Waals surface area contributed by atoms with E-state index in [9.17, 15) is 4.79 Å². The summed E-state index contributed by atoms with van der Waals surface area (Å²) in [6.07, 6.45) is 5.26. The van der Waals surface area contributed by atoms with Gasteiger partial charge >= 0.3 is 0 Å². The van der Waals surface area contributed by atoms with E-state index in [2.05, 4.69) is 35.2 Å².